The van der Waals surface area contributed by atoms with Crippen molar-refractivity contribution in [3.05, 3.63) is 57.6 Å². The van der Waals surface area contributed by atoms with Gasteiger partial charge < -0.3 is 10.1 Å². The monoisotopic (exact) mass is 342 g/mol. The topological polar surface area (TPSA) is 45.0 Å². The number of rotatable bonds is 3. The first-order chi connectivity index (χ1) is 10.2. The second-order valence-corrected chi connectivity index (χ2v) is 6.10. The van der Waals surface area contributed by atoms with Gasteiger partial charge in [0.15, 0.2) is 0 Å². The van der Waals surface area contributed by atoms with Crippen LogP contribution in [0.2, 0.25) is 0 Å². The van der Waals surface area contributed by atoms with Gasteiger partial charge in [-0.05, 0) is 42.3 Å². The van der Waals surface area contributed by atoms with Gasteiger partial charge in [-0.25, -0.2) is 0 Å². The van der Waals surface area contributed by atoms with Crippen molar-refractivity contribution in [1.29, 1.82) is 5.26 Å². The first-order valence-electron chi connectivity index (χ1n) is 6.86. The van der Waals surface area contributed by atoms with Crippen LogP contribution in [0.3, 0.4) is 0 Å². The molecule has 1 unspecified atom stereocenters. The van der Waals surface area contributed by atoms with Crippen LogP contribution in [0.1, 0.15) is 16.7 Å². The van der Waals surface area contributed by atoms with E-state index in [0.717, 1.165) is 27.9 Å². The first-order valence-corrected chi connectivity index (χ1v) is 7.65. The standard InChI is InChI=1S/C17H15BrN2O/c1-11-3-2-4-16(15(11)9-19)20-10-14-8-12-7-13(18)5-6-17(12)21-14/h2-7,14,20H,8,10H2,1H3. The highest BCUT2D eigenvalue weighted by Crippen LogP contribution is 2.31. The zero-order valence-corrected chi connectivity index (χ0v) is 13.3. The molecule has 0 bridgehead atoms. The molecule has 0 saturated heterocycles. The Kier molecular flexibility index (Phi) is 3.85. The van der Waals surface area contributed by atoms with Gasteiger partial charge in [0.2, 0.25) is 0 Å². The molecule has 0 fully saturated rings. The lowest BCUT2D eigenvalue weighted by atomic mass is 10.1. The molecular formula is C17H15BrN2O. The average molecular weight is 343 g/mol. The van der Waals surface area contributed by atoms with Gasteiger partial charge in [0.05, 0.1) is 17.8 Å². The molecular weight excluding hydrogens is 328 g/mol. The Morgan fingerprint density at radius 2 is 2.24 bits per heavy atom. The number of nitrogens with one attached hydrogen (secondary N) is 1. The van der Waals surface area contributed by atoms with Crippen LogP contribution in [0.5, 0.6) is 5.75 Å². The van der Waals surface area contributed by atoms with Crippen molar-refractivity contribution in [2.24, 2.45) is 0 Å². The van der Waals surface area contributed by atoms with E-state index < -0.39 is 0 Å². The number of aryl methyl sites for hydroxylation is 1. The predicted octanol–water partition coefficient (Wildman–Crippen LogP) is 4.04. The van der Waals surface area contributed by atoms with Crippen LogP contribution in [0.25, 0.3) is 0 Å². The van der Waals surface area contributed by atoms with E-state index >= 15 is 0 Å². The molecule has 0 aromatic heterocycles. The summed E-state index contributed by atoms with van der Waals surface area (Å²) in [6.07, 6.45) is 0.983. The summed E-state index contributed by atoms with van der Waals surface area (Å²) in [4.78, 5) is 0. The van der Waals surface area contributed by atoms with Gasteiger partial charge >= 0.3 is 0 Å². The third-order valence-corrected chi connectivity index (χ3v) is 4.16. The molecule has 1 atom stereocenters. The molecule has 1 heterocycles. The maximum atomic E-state index is 9.24. The van der Waals surface area contributed by atoms with Gasteiger partial charge in [0, 0.05) is 10.9 Å². The van der Waals surface area contributed by atoms with Crippen LogP contribution in [-0.2, 0) is 6.42 Å². The Hall–Kier alpha value is -1.99. The summed E-state index contributed by atoms with van der Waals surface area (Å²) in [5.41, 5.74) is 3.79. The average Bonchev–Trinajstić information content (AvgIpc) is 2.87. The molecule has 1 N–H and O–H groups in total. The molecule has 0 radical (unpaired) electrons. The van der Waals surface area contributed by atoms with Crippen LogP contribution in [0, 0.1) is 18.3 Å². The lowest BCUT2D eigenvalue weighted by Crippen LogP contribution is -2.24. The zero-order chi connectivity index (χ0) is 14.8. The van der Waals surface area contributed by atoms with Crippen molar-refractivity contribution in [2.45, 2.75) is 19.4 Å². The van der Waals surface area contributed by atoms with E-state index in [1.165, 1.54) is 5.56 Å². The van der Waals surface area contributed by atoms with E-state index in [1.54, 1.807) is 0 Å². The molecule has 0 aliphatic carbocycles. The molecule has 106 valence electrons. The molecule has 2 aromatic carbocycles. The number of nitriles is 1. The van der Waals surface area contributed by atoms with E-state index in [4.69, 9.17) is 4.74 Å². The fourth-order valence-electron chi connectivity index (χ4n) is 2.59. The maximum Gasteiger partial charge on any atom is 0.123 e. The lowest BCUT2D eigenvalue weighted by molar-refractivity contribution is 0.246. The summed E-state index contributed by atoms with van der Waals surface area (Å²) in [6, 6.07) is 14.2. The van der Waals surface area contributed by atoms with Crippen LogP contribution >= 0.6 is 15.9 Å². The molecule has 0 amide bonds. The predicted molar refractivity (Wildman–Crippen MR) is 86.6 cm³/mol. The Morgan fingerprint density at radius 1 is 1.38 bits per heavy atom. The van der Waals surface area contributed by atoms with E-state index in [-0.39, 0.29) is 6.10 Å². The normalized spacial score (nSPS) is 16.0. The second kappa shape index (κ2) is 5.79. The number of hydrogen-bond donors (Lipinski definition) is 1. The van der Waals surface area contributed by atoms with Crippen molar-refractivity contribution < 1.29 is 4.74 Å². The summed E-state index contributed by atoms with van der Waals surface area (Å²) >= 11 is 3.48. The molecule has 1 aliphatic heterocycles. The molecule has 3 rings (SSSR count). The Bertz CT molecular complexity index is 721. The molecule has 4 heteroatoms. The lowest BCUT2D eigenvalue weighted by Gasteiger charge is -2.14. The van der Waals surface area contributed by atoms with Crippen molar-refractivity contribution in [3.8, 4) is 11.8 Å². The minimum Gasteiger partial charge on any atom is -0.488 e. The zero-order valence-electron chi connectivity index (χ0n) is 11.7. The van der Waals surface area contributed by atoms with Crippen LogP contribution in [0.15, 0.2) is 40.9 Å². The van der Waals surface area contributed by atoms with Gasteiger partial charge in [0.25, 0.3) is 0 Å². The Morgan fingerprint density at radius 3 is 3.05 bits per heavy atom. The molecule has 1 aliphatic rings. The summed E-state index contributed by atoms with van der Waals surface area (Å²) in [6.45, 7) is 2.63. The van der Waals surface area contributed by atoms with Crippen molar-refractivity contribution >= 4 is 21.6 Å². The van der Waals surface area contributed by atoms with Crippen molar-refractivity contribution in [2.75, 3.05) is 11.9 Å². The highest BCUT2D eigenvalue weighted by molar-refractivity contribution is 9.10. The number of fused-ring (bicyclic) bond motifs is 1. The van der Waals surface area contributed by atoms with E-state index in [1.807, 2.05) is 37.3 Å². The van der Waals surface area contributed by atoms with Crippen molar-refractivity contribution in [1.82, 2.24) is 0 Å². The number of hydrogen-bond acceptors (Lipinski definition) is 3. The Balaban J connectivity index is 1.68. The van der Waals surface area contributed by atoms with E-state index in [0.29, 0.717) is 12.1 Å². The second-order valence-electron chi connectivity index (χ2n) is 5.19. The largest absolute Gasteiger partial charge is 0.488 e. The summed E-state index contributed by atoms with van der Waals surface area (Å²) < 4.78 is 6.99. The van der Waals surface area contributed by atoms with Gasteiger partial charge in [-0.1, -0.05) is 28.1 Å². The third kappa shape index (κ3) is 2.88. The summed E-state index contributed by atoms with van der Waals surface area (Å²) in [5.74, 6) is 0.953. The Labute approximate surface area is 132 Å². The number of benzene rings is 2. The van der Waals surface area contributed by atoms with Crippen LogP contribution in [-0.4, -0.2) is 12.6 Å². The highest BCUT2D eigenvalue weighted by atomic mass is 79.9. The smallest absolute Gasteiger partial charge is 0.123 e. The molecule has 0 saturated carbocycles. The third-order valence-electron chi connectivity index (χ3n) is 3.67. The minimum atomic E-state index is 0.0985. The van der Waals surface area contributed by atoms with Gasteiger partial charge in [-0.2, -0.15) is 5.26 Å². The van der Waals surface area contributed by atoms with Crippen LogP contribution in [0.4, 0.5) is 5.69 Å². The van der Waals surface area contributed by atoms with E-state index in [9.17, 15) is 5.26 Å². The SMILES string of the molecule is Cc1cccc(NCC2Cc3cc(Br)ccc3O2)c1C#N. The number of ether oxygens (including phenoxy) is 1. The quantitative estimate of drug-likeness (QED) is 0.915. The van der Waals surface area contributed by atoms with Gasteiger partial charge in [-0.3, -0.25) is 0 Å². The molecule has 2 aromatic rings. The van der Waals surface area contributed by atoms with Crippen molar-refractivity contribution in [3.63, 3.8) is 0 Å². The minimum absolute atomic E-state index is 0.0985. The summed E-state index contributed by atoms with van der Waals surface area (Å²) in [5, 5.41) is 12.6. The molecule has 3 nitrogen and oxygen atoms in total. The van der Waals surface area contributed by atoms with Gasteiger partial charge in [0.1, 0.15) is 17.9 Å². The fourth-order valence-corrected chi connectivity index (χ4v) is 3.00. The first kappa shape index (κ1) is 14.0. The molecule has 21 heavy (non-hydrogen) atoms. The summed E-state index contributed by atoms with van der Waals surface area (Å²) in [7, 11) is 0. The van der Waals surface area contributed by atoms with Crippen LogP contribution < -0.4 is 10.1 Å². The van der Waals surface area contributed by atoms with E-state index in [2.05, 4.69) is 33.4 Å². The highest BCUT2D eigenvalue weighted by Gasteiger charge is 2.23. The maximum absolute atomic E-state index is 9.24. The number of anilines is 1. The fraction of sp³-hybridized carbons (Fsp3) is 0.235. The molecule has 0 spiro atoms. The number of halogens is 1. The number of nitrogens with zero attached hydrogens (tertiary/aromatic N) is 1. The van der Waals surface area contributed by atoms with Gasteiger partial charge in [-0.15, -0.1) is 0 Å².